The zero-order chi connectivity index (χ0) is 26.2. The van der Waals surface area contributed by atoms with Crippen LogP contribution in [-0.2, 0) is 0 Å². The number of hydrogen-bond acceptors (Lipinski definition) is 5. The molecule has 3 heterocycles. The van der Waals surface area contributed by atoms with Gasteiger partial charge in [-0.05, 0) is 42.5 Å². The first kappa shape index (κ1) is 22.7. The zero-order valence-corrected chi connectivity index (χ0v) is 20.8. The normalized spacial score (nSPS) is 12.7. The fourth-order valence-corrected chi connectivity index (χ4v) is 4.77. The highest BCUT2D eigenvalue weighted by Gasteiger charge is 2.21. The zero-order valence-electron chi connectivity index (χ0n) is 20.8. The number of para-hydroxylation sites is 4. The van der Waals surface area contributed by atoms with Crippen molar-refractivity contribution in [2.24, 2.45) is 4.99 Å². The van der Waals surface area contributed by atoms with Crippen LogP contribution >= 0.6 is 0 Å². The lowest BCUT2D eigenvalue weighted by molar-refractivity contribution is 0.558. The molecule has 4 aromatic carbocycles. The summed E-state index contributed by atoms with van der Waals surface area (Å²) in [5.41, 5.74) is 6.92. The third-order valence-electron chi connectivity index (χ3n) is 6.69. The molecule has 0 radical (unpaired) electrons. The first-order valence-corrected chi connectivity index (χ1v) is 12.6. The van der Waals surface area contributed by atoms with Gasteiger partial charge in [0.15, 0.2) is 0 Å². The number of aromatic nitrogens is 2. The summed E-state index contributed by atoms with van der Waals surface area (Å²) in [6.45, 7) is 0. The minimum absolute atomic E-state index is 0.422. The highest BCUT2D eigenvalue weighted by molar-refractivity contribution is 6.18. The molecule has 7 rings (SSSR count). The van der Waals surface area contributed by atoms with Crippen molar-refractivity contribution in [1.29, 1.82) is 0 Å². The molecule has 2 aromatic heterocycles. The Hall–Kier alpha value is -5.49. The van der Waals surface area contributed by atoms with E-state index in [2.05, 4.69) is 5.32 Å². The lowest BCUT2D eigenvalue weighted by atomic mass is 10.0. The van der Waals surface area contributed by atoms with Gasteiger partial charge in [-0.3, -0.25) is 0 Å². The Morgan fingerprint density at radius 1 is 0.744 bits per heavy atom. The van der Waals surface area contributed by atoms with Crippen LogP contribution < -0.4 is 10.9 Å². The second kappa shape index (κ2) is 9.43. The molecule has 39 heavy (non-hydrogen) atoms. The van der Waals surface area contributed by atoms with E-state index < -0.39 is 5.63 Å². The van der Waals surface area contributed by atoms with Crippen LogP contribution in [0, 0.1) is 0 Å². The van der Waals surface area contributed by atoms with Crippen LogP contribution in [0.3, 0.4) is 0 Å². The predicted octanol–water partition coefficient (Wildman–Crippen LogP) is 7.23. The van der Waals surface area contributed by atoms with Crippen molar-refractivity contribution >= 4 is 33.8 Å². The lowest BCUT2D eigenvalue weighted by Crippen LogP contribution is -2.12. The molecular formula is C33H22N4O2. The van der Waals surface area contributed by atoms with E-state index in [0.29, 0.717) is 22.6 Å². The Morgan fingerprint density at radius 2 is 1.46 bits per heavy atom. The fourth-order valence-electron chi connectivity index (χ4n) is 4.77. The molecule has 1 aliphatic heterocycles. The van der Waals surface area contributed by atoms with Crippen molar-refractivity contribution in [1.82, 2.24) is 9.78 Å². The number of nitrogens with one attached hydrogen (secondary N) is 1. The number of hydrogen-bond donors (Lipinski definition) is 1. The molecule has 0 aliphatic carbocycles. The molecule has 0 fully saturated rings. The monoisotopic (exact) mass is 506 g/mol. The summed E-state index contributed by atoms with van der Waals surface area (Å²) in [5, 5.41) is 9.25. The number of fused-ring (bicyclic) bond motifs is 2. The Balaban J connectivity index is 1.47. The van der Waals surface area contributed by atoms with Crippen molar-refractivity contribution in [3.05, 3.63) is 149 Å². The third-order valence-corrected chi connectivity index (χ3v) is 6.69. The number of nitrogens with zero attached hydrogens (tertiary/aromatic N) is 3. The van der Waals surface area contributed by atoms with Gasteiger partial charge in [-0.15, -0.1) is 0 Å². The highest BCUT2D eigenvalue weighted by Crippen LogP contribution is 2.34. The maximum Gasteiger partial charge on any atom is 0.345 e. The number of anilines is 1. The van der Waals surface area contributed by atoms with Gasteiger partial charge in [0.2, 0.25) is 0 Å². The maximum absolute atomic E-state index is 13.2. The van der Waals surface area contributed by atoms with Gasteiger partial charge in [0.1, 0.15) is 11.3 Å². The maximum atomic E-state index is 13.2. The summed E-state index contributed by atoms with van der Waals surface area (Å²) < 4.78 is 7.54. The van der Waals surface area contributed by atoms with Crippen molar-refractivity contribution in [3.8, 4) is 16.9 Å². The van der Waals surface area contributed by atoms with Crippen molar-refractivity contribution < 1.29 is 4.42 Å². The fraction of sp³-hybridized carbons (Fsp3) is 0. The van der Waals surface area contributed by atoms with Crippen LogP contribution in [0.2, 0.25) is 0 Å². The number of rotatable bonds is 4. The average Bonchev–Trinajstić information content (AvgIpc) is 3.34. The summed E-state index contributed by atoms with van der Waals surface area (Å²) in [4.78, 5) is 18.2. The van der Waals surface area contributed by atoms with Gasteiger partial charge in [-0.1, -0.05) is 78.9 Å². The SMILES string of the molecule is O=c1oc2ccccc2cc1C1=CC(c2cn(-c3ccccc3)nc2-c2ccccc2)=Nc2ccccc2N1. The van der Waals surface area contributed by atoms with Crippen LogP contribution in [0.4, 0.5) is 11.4 Å². The van der Waals surface area contributed by atoms with Gasteiger partial charge >= 0.3 is 5.63 Å². The molecule has 0 saturated carbocycles. The Kier molecular flexibility index (Phi) is 5.49. The summed E-state index contributed by atoms with van der Waals surface area (Å²) in [5.74, 6) is 0. The van der Waals surface area contributed by atoms with E-state index in [0.717, 1.165) is 39.3 Å². The van der Waals surface area contributed by atoms with E-state index in [-0.39, 0.29) is 0 Å². The predicted molar refractivity (Wildman–Crippen MR) is 156 cm³/mol. The smallest absolute Gasteiger partial charge is 0.345 e. The molecule has 1 aliphatic rings. The average molecular weight is 507 g/mol. The van der Waals surface area contributed by atoms with Crippen LogP contribution in [0.15, 0.2) is 142 Å². The standard InChI is InChI=1S/C33H22N4O2/c38-33-25(19-23-13-7-10-18-31(23)39-33)29-20-30(35-28-17-9-8-16-27(28)34-29)26-21-37(24-14-5-2-6-15-24)36-32(26)22-11-3-1-4-12-22/h1-21,34H. The van der Waals surface area contributed by atoms with Crippen molar-refractivity contribution in [3.63, 3.8) is 0 Å². The minimum Gasteiger partial charge on any atom is -0.422 e. The van der Waals surface area contributed by atoms with Gasteiger partial charge in [0.25, 0.3) is 0 Å². The molecule has 0 atom stereocenters. The molecule has 186 valence electrons. The molecule has 0 amide bonds. The number of aliphatic imine (C=N–C) groups is 1. The first-order chi connectivity index (χ1) is 19.2. The molecule has 6 heteroatoms. The van der Waals surface area contributed by atoms with Crippen molar-refractivity contribution in [2.75, 3.05) is 5.32 Å². The second-order valence-corrected chi connectivity index (χ2v) is 9.22. The largest absolute Gasteiger partial charge is 0.422 e. The van der Waals surface area contributed by atoms with Crippen LogP contribution in [0.25, 0.3) is 33.6 Å². The summed E-state index contributed by atoms with van der Waals surface area (Å²) in [6, 6.07) is 37.2. The van der Waals surface area contributed by atoms with Crippen molar-refractivity contribution in [2.45, 2.75) is 0 Å². The molecule has 6 aromatic rings. The Morgan fingerprint density at radius 3 is 2.31 bits per heavy atom. The lowest BCUT2D eigenvalue weighted by Gasteiger charge is -2.10. The van der Waals surface area contributed by atoms with Gasteiger partial charge in [0, 0.05) is 22.7 Å². The first-order valence-electron chi connectivity index (χ1n) is 12.6. The molecule has 6 nitrogen and oxygen atoms in total. The molecule has 0 spiro atoms. The van der Waals surface area contributed by atoms with Gasteiger partial charge in [0.05, 0.1) is 34.0 Å². The number of allylic oxidation sites excluding steroid dienone is 1. The molecule has 1 N–H and O–H groups in total. The summed E-state index contributed by atoms with van der Waals surface area (Å²) in [7, 11) is 0. The quantitative estimate of drug-likeness (QED) is 0.256. The van der Waals surface area contributed by atoms with E-state index in [1.807, 2.05) is 126 Å². The Bertz CT molecular complexity index is 1950. The van der Waals surface area contributed by atoms with Crippen LogP contribution in [0.5, 0.6) is 0 Å². The van der Waals surface area contributed by atoms with E-state index in [1.165, 1.54) is 0 Å². The minimum atomic E-state index is -0.422. The molecule has 0 unspecified atom stereocenters. The van der Waals surface area contributed by atoms with Gasteiger partial charge < -0.3 is 9.73 Å². The second-order valence-electron chi connectivity index (χ2n) is 9.22. The third kappa shape index (κ3) is 4.24. The summed E-state index contributed by atoms with van der Waals surface area (Å²) in [6.07, 6.45) is 3.89. The molecule has 0 bridgehead atoms. The van der Waals surface area contributed by atoms with E-state index in [9.17, 15) is 4.79 Å². The van der Waals surface area contributed by atoms with E-state index in [4.69, 9.17) is 14.5 Å². The number of benzene rings is 4. The van der Waals surface area contributed by atoms with Gasteiger partial charge in [-0.25, -0.2) is 14.5 Å². The van der Waals surface area contributed by atoms with E-state index >= 15 is 0 Å². The highest BCUT2D eigenvalue weighted by atomic mass is 16.4. The van der Waals surface area contributed by atoms with Crippen LogP contribution in [0.1, 0.15) is 11.1 Å². The summed E-state index contributed by atoms with van der Waals surface area (Å²) >= 11 is 0. The molecule has 0 saturated heterocycles. The topological polar surface area (TPSA) is 72.4 Å². The Labute approximate surface area is 224 Å². The molecular weight excluding hydrogens is 484 g/mol. The van der Waals surface area contributed by atoms with Crippen LogP contribution in [-0.4, -0.2) is 15.5 Å². The van der Waals surface area contributed by atoms with Gasteiger partial charge in [-0.2, -0.15) is 5.10 Å². The van der Waals surface area contributed by atoms with E-state index in [1.54, 1.807) is 6.07 Å².